The maximum atomic E-state index is 12.6. The molecular formula is C19H19BrN2O. The van der Waals surface area contributed by atoms with Gasteiger partial charge in [0.2, 0.25) is 0 Å². The molecule has 1 aliphatic carbocycles. The summed E-state index contributed by atoms with van der Waals surface area (Å²) in [6.45, 7) is 8.10. The smallest absolute Gasteiger partial charge is 0.253 e. The van der Waals surface area contributed by atoms with Gasteiger partial charge in [-0.1, -0.05) is 22.0 Å². The van der Waals surface area contributed by atoms with Gasteiger partial charge in [0, 0.05) is 22.2 Å². The van der Waals surface area contributed by atoms with E-state index in [1.165, 1.54) is 16.7 Å². The number of carbonyl (C=O) groups excluding carboxylic acids is 1. The number of fused-ring (bicyclic) bond motifs is 1. The molecule has 0 radical (unpaired) electrons. The van der Waals surface area contributed by atoms with Crippen molar-refractivity contribution in [3.8, 4) is 0 Å². The van der Waals surface area contributed by atoms with E-state index in [4.69, 9.17) is 0 Å². The Hall–Kier alpha value is -1.94. The first kappa shape index (κ1) is 15.9. The number of aryl methyl sites for hydroxylation is 1. The Bertz CT molecular complexity index is 853. The number of nitrogens with zero attached hydrogens (tertiary/aromatic N) is 1. The fourth-order valence-corrected chi connectivity index (χ4v) is 3.20. The SMILES string of the molecule is Cc1nc(NC(=O)C2=Cc3cc(Br)ccc3C2)c(C)c(C)c1C. The number of benzene rings is 1. The van der Waals surface area contributed by atoms with Gasteiger partial charge in [0.15, 0.2) is 0 Å². The molecule has 0 spiro atoms. The molecule has 0 bridgehead atoms. The molecular weight excluding hydrogens is 352 g/mol. The van der Waals surface area contributed by atoms with Crippen molar-refractivity contribution in [1.29, 1.82) is 0 Å². The van der Waals surface area contributed by atoms with Crippen molar-refractivity contribution in [2.45, 2.75) is 34.1 Å². The number of rotatable bonds is 2. The van der Waals surface area contributed by atoms with E-state index in [0.29, 0.717) is 12.2 Å². The minimum atomic E-state index is -0.0735. The van der Waals surface area contributed by atoms with E-state index in [9.17, 15) is 4.79 Å². The molecule has 0 aliphatic heterocycles. The van der Waals surface area contributed by atoms with Crippen molar-refractivity contribution < 1.29 is 4.79 Å². The van der Waals surface area contributed by atoms with Crippen LogP contribution in [0, 0.1) is 27.7 Å². The van der Waals surface area contributed by atoms with E-state index in [1.807, 2.05) is 32.1 Å². The van der Waals surface area contributed by atoms with Crippen LogP contribution in [0.1, 0.15) is 33.5 Å². The first-order chi connectivity index (χ1) is 10.9. The number of aromatic nitrogens is 1. The molecule has 0 fully saturated rings. The number of nitrogens with one attached hydrogen (secondary N) is 1. The third kappa shape index (κ3) is 2.95. The number of hydrogen-bond donors (Lipinski definition) is 1. The Morgan fingerprint density at radius 3 is 2.61 bits per heavy atom. The van der Waals surface area contributed by atoms with Gasteiger partial charge >= 0.3 is 0 Å². The lowest BCUT2D eigenvalue weighted by Gasteiger charge is -2.14. The highest BCUT2D eigenvalue weighted by atomic mass is 79.9. The number of halogens is 1. The van der Waals surface area contributed by atoms with Crippen molar-refractivity contribution in [3.05, 3.63) is 61.8 Å². The maximum absolute atomic E-state index is 12.6. The lowest BCUT2D eigenvalue weighted by molar-refractivity contribution is -0.112. The summed E-state index contributed by atoms with van der Waals surface area (Å²) in [6.07, 6.45) is 2.62. The van der Waals surface area contributed by atoms with E-state index >= 15 is 0 Å². The zero-order valence-electron chi connectivity index (χ0n) is 13.7. The minimum absolute atomic E-state index is 0.0735. The standard InChI is InChI=1S/C19H19BrN2O/c1-10-11(2)13(4)21-18(12(10)3)22-19(23)16-7-14-5-6-17(20)9-15(14)8-16/h5-6,8-9H,7H2,1-4H3,(H,21,22,23). The van der Waals surface area contributed by atoms with Crippen LogP contribution in [-0.4, -0.2) is 10.9 Å². The van der Waals surface area contributed by atoms with Crippen molar-refractivity contribution in [3.63, 3.8) is 0 Å². The molecule has 1 aromatic heterocycles. The highest BCUT2D eigenvalue weighted by Crippen LogP contribution is 2.29. The molecule has 1 heterocycles. The Kier molecular flexibility index (Phi) is 4.11. The highest BCUT2D eigenvalue weighted by Gasteiger charge is 2.20. The zero-order chi connectivity index (χ0) is 16.7. The summed E-state index contributed by atoms with van der Waals surface area (Å²) in [7, 11) is 0. The van der Waals surface area contributed by atoms with E-state index in [1.54, 1.807) is 0 Å². The lowest BCUT2D eigenvalue weighted by atomic mass is 10.0. The average molecular weight is 371 g/mol. The van der Waals surface area contributed by atoms with Crippen LogP contribution in [0.3, 0.4) is 0 Å². The summed E-state index contributed by atoms with van der Waals surface area (Å²) in [5.74, 6) is 0.587. The van der Waals surface area contributed by atoms with Gasteiger partial charge in [-0.25, -0.2) is 4.98 Å². The summed E-state index contributed by atoms with van der Waals surface area (Å²) in [5, 5.41) is 2.98. The Morgan fingerprint density at radius 2 is 1.87 bits per heavy atom. The molecule has 0 atom stereocenters. The quantitative estimate of drug-likeness (QED) is 0.835. The Balaban J connectivity index is 1.86. The van der Waals surface area contributed by atoms with Crippen LogP contribution < -0.4 is 5.32 Å². The van der Waals surface area contributed by atoms with Crippen LogP contribution in [0.25, 0.3) is 6.08 Å². The monoisotopic (exact) mass is 370 g/mol. The number of anilines is 1. The first-order valence-corrected chi connectivity index (χ1v) is 8.41. The second-order valence-electron chi connectivity index (χ2n) is 6.06. The summed E-state index contributed by atoms with van der Waals surface area (Å²) in [6, 6.07) is 6.10. The average Bonchev–Trinajstić information content (AvgIpc) is 2.93. The second kappa shape index (κ2) is 5.93. The first-order valence-electron chi connectivity index (χ1n) is 7.61. The predicted octanol–water partition coefficient (Wildman–Crippen LogP) is 4.66. The Morgan fingerprint density at radius 1 is 1.13 bits per heavy atom. The van der Waals surface area contributed by atoms with Gasteiger partial charge in [-0.15, -0.1) is 0 Å². The molecule has 4 heteroatoms. The summed E-state index contributed by atoms with van der Waals surface area (Å²) in [4.78, 5) is 17.1. The van der Waals surface area contributed by atoms with Crippen molar-refractivity contribution in [2.75, 3.05) is 5.32 Å². The number of amides is 1. The zero-order valence-corrected chi connectivity index (χ0v) is 15.3. The van der Waals surface area contributed by atoms with Crippen molar-refractivity contribution in [2.24, 2.45) is 0 Å². The predicted molar refractivity (Wildman–Crippen MR) is 97.6 cm³/mol. The van der Waals surface area contributed by atoms with E-state index in [2.05, 4.69) is 46.1 Å². The third-order valence-corrected chi connectivity index (χ3v) is 5.14. The van der Waals surface area contributed by atoms with Crippen LogP contribution in [0.4, 0.5) is 5.82 Å². The van der Waals surface area contributed by atoms with Crippen LogP contribution in [0.2, 0.25) is 0 Å². The molecule has 0 saturated carbocycles. The van der Waals surface area contributed by atoms with Gasteiger partial charge in [0.25, 0.3) is 5.91 Å². The molecule has 1 N–H and O–H groups in total. The van der Waals surface area contributed by atoms with E-state index in [-0.39, 0.29) is 5.91 Å². The number of carbonyl (C=O) groups is 1. The van der Waals surface area contributed by atoms with Gasteiger partial charge in [-0.05, 0) is 73.7 Å². The largest absolute Gasteiger partial charge is 0.307 e. The van der Waals surface area contributed by atoms with Gasteiger partial charge < -0.3 is 5.32 Å². The molecule has 3 rings (SSSR count). The van der Waals surface area contributed by atoms with E-state index in [0.717, 1.165) is 26.9 Å². The number of hydrogen-bond acceptors (Lipinski definition) is 2. The molecule has 1 amide bonds. The minimum Gasteiger partial charge on any atom is -0.307 e. The van der Waals surface area contributed by atoms with Crippen LogP contribution in [0.15, 0.2) is 28.2 Å². The maximum Gasteiger partial charge on any atom is 0.253 e. The molecule has 2 aromatic rings. The molecule has 0 unspecified atom stereocenters. The van der Waals surface area contributed by atoms with Gasteiger partial charge in [-0.2, -0.15) is 0 Å². The van der Waals surface area contributed by atoms with Crippen molar-refractivity contribution >= 4 is 33.7 Å². The van der Waals surface area contributed by atoms with Gasteiger partial charge in [-0.3, -0.25) is 4.79 Å². The van der Waals surface area contributed by atoms with Crippen LogP contribution in [0.5, 0.6) is 0 Å². The number of pyridine rings is 1. The molecule has 23 heavy (non-hydrogen) atoms. The molecule has 1 aliphatic rings. The Labute approximate surface area is 145 Å². The normalized spacial score (nSPS) is 12.8. The third-order valence-electron chi connectivity index (χ3n) is 4.64. The topological polar surface area (TPSA) is 42.0 Å². The molecule has 3 nitrogen and oxygen atoms in total. The highest BCUT2D eigenvalue weighted by molar-refractivity contribution is 9.10. The molecule has 0 saturated heterocycles. The van der Waals surface area contributed by atoms with E-state index < -0.39 is 0 Å². The summed E-state index contributed by atoms with van der Waals surface area (Å²) >= 11 is 3.47. The fourth-order valence-electron chi connectivity index (χ4n) is 2.83. The lowest BCUT2D eigenvalue weighted by Crippen LogP contribution is -2.17. The van der Waals surface area contributed by atoms with Crippen LogP contribution >= 0.6 is 15.9 Å². The van der Waals surface area contributed by atoms with Gasteiger partial charge in [0.1, 0.15) is 5.82 Å². The summed E-state index contributed by atoms with van der Waals surface area (Å²) < 4.78 is 1.02. The van der Waals surface area contributed by atoms with Gasteiger partial charge in [0.05, 0.1) is 0 Å². The molecule has 118 valence electrons. The second-order valence-corrected chi connectivity index (χ2v) is 6.98. The van der Waals surface area contributed by atoms with Crippen LogP contribution in [-0.2, 0) is 11.2 Å². The van der Waals surface area contributed by atoms with Crippen molar-refractivity contribution in [1.82, 2.24) is 4.98 Å². The fraction of sp³-hybridized carbons (Fsp3) is 0.263. The molecule has 1 aromatic carbocycles. The summed E-state index contributed by atoms with van der Waals surface area (Å²) in [5.41, 5.74) is 7.40.